The quantitative estimate of drug-likeness (QED) is 0.911. The molecule has 0 aromatic heterocycles. The van der Waals surface area contributed by atoms with Crippen LogP contribution in [-0.2, 0) is 0 Å². The van der Waals surface area contributed by atoms with Gasteiger partial charge in [-0.3, -0.25) is 0 Å². The molecule has 104 valence electrons. The van der Waals surface area contributed by atoms with E-state index in [0.717, 1.165) is 24.3 Å². The van der Waals surface area contributed by atoms with Crippen molar-refractivity contribution in [3.05, 3.63) is 65.5 Å². The third-order valence-corrected chi connectivity index (χ3v) is 3.72. The summed E-state index contributed by atoms with van der Waals surface area (Å²) >= 11 is 0. The Balaban J connectivity index is 1.96. The topological polar surface area (TPSA) is 21.3 Å². The number of para-hydroxylation sites is 1. The largest absolute Gasteiger partial charge is 0.485 e. The maximum Gasteiger partial charge on any atom is 0.130 e. The number of nitrogens with one attached hydrogen (secondary N) is 1. The first-order valence-electron chi connectivity index (χ1n) is 7.03. The molecule has 1 aliphatic rings. The van der Waals surface area contributed by atoms with E-state index in [1.54, 1.807) is 12.1 Å². The number of fused-ring (bicyclic) bond motifs is 1. The van der Waals surface area contributed by atoms with Crippen LogP contribution in [0.2, 0.25) is 0 Å². The standard InChI is InChI=1S/C17H18FNO/c1-2-19-15-11-17(12-7-3-5-9-14(12)18)20-16-10-6-4-8-13(15)16/h3-10,15,17,19H,2,11H2,1H3. The van der Waals surface area contributed by atoms with Crippen LogP contribution in [0.1, 0.15) is 36.6 Å². The van der Waals surface area contributed by atoms with Gasteiger partial charge in [-0.2, -0.15) is 0 Å². The second kappa shape index (κ2) is 5.63. The van der Waals surface area contributed by atoms with Gasteiger partial charge in [0.05, 0.1) is 0 Å². The summed E-state index contributed by atoms with van der Waals surface area (Å²) in [4.78, 5) is 0. The van der Waals surface area contributed by atoms with Gasteiger partial charge in [-0.05, 0) is 18.7 Å². The molecular weight excluding hydrogens is 253 g/mol. The molecule has 2 unspecified atom stereocenters. The fourth-order valence-corrected chi connectivity index (χ4v) is 2.78. The number of hydrogen-bond acceptors (Lipinski definition) is 2. The van der Waals surface area contributed by atoms with E-state index in [9.17, 15) is 4.39 Å². The molecule has 3 rings (SSSR count). The van der Waals surface area contributed by atoms with Crippen molar-refractivity contribution >= 4 is 0 Å². The van der Waals surface area contributed by atoms with Gasteiger partial charge in [0, 0.05) is 23.6 Å². The first-order valence-corrected chi connectivity index (χ1v) is 7.03. The summed E-state index contributed by atoms with van der Waals surface area (Å²) in [5.41, 5.74) is 1.78. The van der Waals surface area contributed by atoms with Gasteiger partial charge in [0.25, 0.3) is 0 Å². The molecule has 1 heterocycles. The predicted octanol–water partition coefficient (Wildman–Crippen LogP) is 4.00. The van der Waals surface area contributed by atoms with Crippen molar-refractivity contribution in [2.24, 2.45) is 0 Å². The average molecular weight is 271 g/mol. The molecule has 0 aliphatic carbocycles. The number of rotatable bonds is 3. The maximum absolute atomic E-state index is 14.0. The third-order valence-electron chi connectivity index (χ3n) is 3.72. The van der Waals surface area contributed by atoms with E-state index in [4.69, 9.17) is 4.74 Å². The van der Waals surface area contributed by atoms with E-state index < -0.39 is 0 Å². The van der Waals surface area contributed by atoms with Crippen LogP contribution in [0.3, 0.4) is 0 Å². The van der Waals surface area contributed by atoms with Crippen molar-refractivity contribution in [2.75, 3.05) is 6.54 Å². The summed E-state index contributed by atoms with van der Waals surface area (Å²) in [6.45, 7) is 2.96. The summed E-state index contributed by atoms with van der Waals surface area (Å²) in [5, 5.41) is 3.46. The Labute approximate surface area is 118 Å². The van der Waals surface area contributed by atoms with Crippen LogP contribution in [0.4, 0.5) is 4.39 Å². The van der Waals surface area contributed by atoms with Crippen molar-refractivity contribution < 1.29 is 9.13 Å². The minimum absolute atomic E-state index is 0.202. The smallest absolute Gasteiger partial charge is 0.130 e. The molecule has 0 saturated carbocycles. The van der Waals surface area contributed by atoms with Crippen LogP contribution in [0.15, 0.2) is 48.5 Å². The van der Waals surface area contributed by atoms with Crippen molar-refractivity contribution in [1.82, 2.24) is 5.32 Å². The minimum atomic E-state index is -0.241. The highest BCUT2D eigenvalue weighted by Crippen LogP contribution is 2.41. The van der Waals surface area contributed by atoms with E-state index >= 15 is 0 Å². The highest BCUT2D eigenvalue weighted by Gasteiger charge is 2.29. The number of halogens is 1. The summed E-state index contributed by atoms with van der Waals surface area (Å²) < 4.78 is 20.0. The third kappa shape index (κ3) is 2.41. The lowest BCUT2D eigenvalue weighted by molar-refractivity contribution is 0.148. The first kappa shape index (κ1) is 13.1. The molecule has 1 N–H and O–H groups in total. The molecule has 2 aromatic rings. The Morgan fingerprint density at radius 1 is 1.10 bits per heavy atom. The molecule has 2 atom stereocenters. The Bertz CT molecular complexity index is 599. The molecule has 1 aliphatic heterocycles. The van der Waals surface area contributed by atoms with E-state index in [1.165, 1.54) is 6.07 Å². The Morgan fingerprint density at radius 2 is 1.80 bits per heavy atom. The fourth-order valence-electron chi connectivity index (χ4n) is 2.78. The van der Waals surface area contributed by atoms with Crippen LogP contribution < -0.4 is 10.1 Å². The summed E-state index contributed by atoms with van der Waals surface area (Å²) in [5.74, 6) is 0.644. The molecule has 0 bridgehead atoms. The van der Waals surface area contributed by atoms with Gasteiger partial charge in [-0.25, -0.2) is 4.39 Å². The summed E-state index contributed by atoms with van der Waals surface area (Å²) in [7, 11) is 0. The van der Waals surface area contributed by atoms with Crippen molar-refractivity contribution in [3.8, 4) is 5.75 Å². The van der Waals surface area contributed by atoms with Gasteiger partial charge >= 0.3 is 0 Å². The SMILES string of the molecule is CCNC1CC(c2ccccc2F)Oc2ccccc21. The second-order valence-electron chi connectivity index (χ2n) is 5.01. The van der Waals surface area contributed by atoms with Crippen LogP contribution in [0, 0.1) is 5.82 Å². The molecule has 2 aromatic carbocycles. The lowest BCUT2D eigenvalue weighted by atomic mass is 9.92. The Hall–Kier alpha value is -1.87. The number of hydrogen-bond donors (Lipinski definition) is 1. The highest BCUT2D eigenvalue weighted by atomic mass is 19.1. The van der Waals surface area contributed by atoms with Gasteiger partial charge in [0.2, 0.25) is 0 Å². The zero-order valence-electron chi connectivity index (χ0n) is 11.5. The van der Waals surface area contributed by atoms with Crippen LogP contribution in [0.25, 0.3) is 0 Å². The predicted molar refractivity (Wildman–Crippen MR) is 77.2 cm³/mol. The van der Waals surface area contributed by atoms with Gasteiger partial charge in [0.15, 0.2) is 0 Å². The molecule has 0 radical (unpaired) electrons. The van der Waals surface area contributed by atoms with Crippen molar-refractivity contribution in [3.63, 3.8) is 0 Å². The molecule has 0 spiro atoms. The van der Waals surface area contributed by atoms with Crippen LogP contribution >= 0.6 is 0 Å². The van der Waals surface area contributed by atoms with Crippen molar-refractivity contribution in [2.45, 2.75) is 25.5 Å². The zero-order valence-corrected chi connectivity index (χ0v) is 11.5. The number of benzene rings is 2. The lowest BCUT2D eigenvalue weighted by Crippen LogP contribution is -2.29. The molecule has 2 nitrogen and oxygen atoms in total. The van der Waals surface area contributed by atoms with E-state index in [2.05, 4.69) is 18.3 Å². The van der Waals surface area contributed by atoms with Gasteiger partial charge < -0.3 is 10.1 Å². The van der Waals surface area contributed by atoms with Crippen LogP contribution in [-0.4, -0.2) is 6.54 Å². The molecular formula is C17H18FNO. The van der Waals surface area contributed by atoms with Crippen molar-refractivity contribution in [1.29, 1.82) is 0 Å². The average Bonchev–Trinajstić information content (AvgIpc) is 2.48. The van der Waals surface area contributed by atoms with Gasteiger partial charge in [-0.1, -0.05) is 43.3 Å². The molecule has 0 saturated heterocycles. The zero-order chi connectivity index (χ0) is 13.9. The van der Waals surface area contributed by atoms with Gasteiger partial charge in [-0.15, -0.1) is 0 Å². The molecule has 3 heteroatoms. The second-order valence-corrected chi connectivity index (χ2v) is 5.01. The first-order chi connectivity index (χ1) is 9.79. The molecule has 0 amide bonds. The normalized spacial score (nSPS) is 21.1. The number of ether oxygens (including phenoxy) is 1. The Kier molecular flexibility index (Phi) is 3.70. The summed E-state index contributed by atoms with van der Waals surface area (Å²) in [6.07, 6.45) is 0.501. The Morgan fingerprint density at radius 3 is 2.55 bits per heavy atom. The monoisotopic (exact) mass is 271 g/mol. The minimum Gasteiger partial charge on any atom is -0.485 e. The van der Waals surface area contributed by atoms with E-state index in [-0.39, 0.29) is 18.0 Å². The van der Waals surface area contributed by atoms with Crippen LogP contribution in [0.5, 0.6) is 5.75 Å². The van der Waals surface area contributed by atoms with E-state index in [0.29, 0.717) is 5.56 Å². The summed E-state index contributed by atoms with van der Waals surface area (Å²) in [6, 6.07) is 15.0. The highest BCUT2D eigenvalue weighted by molar-refractivity contribution is 5.39. The van der Waals surface area contributed by atoms with E-state index in [1.807, 2.05) is 24.3 Å². The van der Waals surface area contributed by atoms with Gasteiger partial charge in [0.1, 0.15) is 17.7 Å². The molecule has 20 heavy (non-hydrogen) atoms. The lowest BCUT2D eigenvalue weighted by Gasteiger charge is -2.33. The maximum atomic E-state index is 14.0. The fraction of sp³-hybridized carbons (Fsp3) is 0.294. The molecule has 0 fully saturated rings.